The van der Waals surface area contributed by atoms with E-state index >= 15 is 0 Å². The van der Waals surface area contributed by atoms with Gasteiger partial charge in [-0.05, 0) is 12.3 Å². The SMILES string of the molecule is CCCCC(CC)CSc1nnc(CN)o1. The summed E-state index contributed by atoms with van der Waals surface area (Å²) in [6.45, 7) is 4.78. The fraction of sp³-hybridized carbons (Fsp3) is 0.818. The second-order valence-electron chi connectivity index (χ2n) is 3.89. The molecule has 92 valence electrons. The Bertz CT molecular complexity index is 291. The predicted octanol–water partition coefficient (Wildman–Crippen LogP) is 2.84. The monoisotopic (exact) mass is 243 g/mol. The van der Waals surface area contributed by atoms with Gasteiger partial charge in [0.15, 0.2) is 0 Å². The van der Waals surface area contributed by atoms with Crippen LogP contribution >= 0.6 is 11.8 Å². The van der Waals surface area contributed by atoms with Crippen LogP contribution in [0.1, 0.15) is 45.4 Å². The molecule has 4 nitrogen and oxygen atoms in total. The number of thioether (sulfide) groups is 1. The Labute approximate surface area is 101 Å². The number of aromatic nitrogens is 2. The van der Waals surface area contributed by atoms with E-state index in [0.717, 1.165) is 11.7 Å². The zero-order valence-corrected chi connectivity index (χ0v) is 10.9. The molecule has 16 heavy (non-hydrogen) atoms. The summed E-state index contributed by atoms with van der Waals surface area (Å²) in [7, 11) is 0. The summed E-state index contributed by atoms with van der Waals surface area (Å²) in [6, 6.07) is 0. The smallest absolute Gasteiger partial charge is 0.276 e. The minimum absolute atomic E-state index is 0.320. The number of hydrogen-bond acceptors (Lipinski definition) is 5. The molecule has 1 heterocycles. The largest absolute Gasteiger partial charge is 0.415 e. The first-order chi connectivity index (χ1) is 7.80. The predicted molar refractivity (Wildman–Crippen MR) is 66.2 cm³/mol. The van der Waals surface area contributed by atoms with Crippen LogP contribution in [0.15, 0.2) is 9.64 Å². The maximum absolute atomic E-state index is 5.41. The van der Waals surface area contributed by atoms with Crippen LogP contribution in [-0.2, 0) is 6.54 Å². The Balaban J connectivity index is 2.31. The number of rotatable bonds is 8. The topological polar surface area (TPSA) is 64.9 Å². The molecular weight excluding hydrogens is 222 g/mol. The molecule has 0 fully saturated rings. The molecule has 0 aliphatic rings. The lowest BCUT2D eigenvalue weighted by atomic mass is 10.0. The van der Waals surface area contributed by atoms with Gasteiger partial charge in [0.1, 0.15) is 0 Å². The fourth-order valence-electron chi connectivity index (χ4n) is 1.47. The minimum atomic E-state index is 0.320. The van der Waals surface area contributed by atoms with Crippen LogP contribution in [0.5, 0.6) is 0 Å². The van der Waals surface area contributed by atoms with E-state index in [-0.39, 0.29) is 0 Å². The van der Waals surface area contributed by atoms with Crippen molar-refractivity contribution in [1.82, 2.24) is 10.2 Å². The van der Waals surface area contributed by atoms with E-state index in [1.165, 1.54) is 25.7 Å². The van der Waals surface area contributed by atoms with E-state index in [4.69, 9.17) is 10.2 Å². The summed E-state index contributed by atoms with van der Waals surface area (Å²) >= 11 is 1.64. The van der Waals surface area contributed by atoms with Crippen molar-refractivity contribution in [2.24, 2.45) is 11.7 Å². The fourth-order valence-corrected chi connectivity index (χ4v) is 2.50. The maximum Gasteiger partial charge on any atom is 0.276 e. The van der Waals surface area contributed by atoms with Gasteiger partial charge >= 0.3 is 0 Å². The minimum Gasteiger partial charge on any atom is -0.415 e. The van der Waals surface area contributed by atoms with Crippen LogP contribution in [0.25, 0.3) is 0 Å². The molecule has 0 aliphatic heterocycles. The van der Waals surface area contributed by atoms with E-state index in [1.807, 2.05) is 0 Å². The van der Waals surface area contributed by atoms with Crippen molar-refractivity contribution in [1.29, 1.82) is 0 Å². The molecule has 0 aromatic carbocycles. The van der Waals surface area contributed by atoms with Gasteiger partial charge in [0.25, 0.3) is 5.22 Å². The van der Waals surface area contributed by atoms with Crippen molar-refractivity contribution >= 4 is 11.8 Å². The lowest BCUT2D eigenvalue weighted by Crippen LogP contribution is -2.02. The third-order valence-corrected chi connectivity index (χ3v) is 3.66. The first-order valence-electron chi connectivity index (χ1n) is 5.95. The average molecular weight is 243 g/mol. The first-order valence-corrected chi connectivity index (χ1v) is 6.93. The Morgan fingerprint density at radius 3 is 2.75 bits per heavy atom. The molecule has 0 amide bonds. The Kier molecular flexibility index (Phi) is 6.49. The molecule has 0 spiro atoms. The molecule has 1 aromatic rings. The van der Waals surface area contributed by atoms with Gasteiger partial charge in [-0.2, -0.15) is 0 Å². The summed E-state index contributed by atoms with van der Waals surface area (Å²) in [6.07, 6.45) is 5.07. The molecular formula is C11H21N3OS. The number of nitrogens with two attached hydrogens (primary N) is 1. The van der Waals surface area contributed by atoms with Crippen LogP contribution in [-0.4, -0.2) is 16.0 Å². The molecule has 0 bridgehead atoms. The highest BCUT2D eigenvalue weighted by atomic mass is 32.2. The van der Waals surface area contributed by atoms with Crippen LogP contribution in [0, 0.1) is 5.92 Å². The molecule has 0 saturated carbocycles. The molecule has 1 rings (SSSR count). The standard InChI is InChI=1S/C11H21N3OS/c1-3-5-6-9(4-2)8-16-11-14-13-10(7-12)15-11/h9H,3-8,12H2,1-2H3. The average Bonchev–Trinajstić information content (AvgIpc) is 2.77. The molecule has 1 atom stereocenters. The van der Waals surface area contributed by atoms with Gasteiger partial charge in [-0.25, -0.2) is 0 Å². The van der Waals surface area contributed by atoms with E-state index < -0.39 is 0 Å². The Hall–Kier alpha value is -0.550. The molecule has 0 radical (unpaired) electrons. The lowest BCUT2D eigenvalue weighted by molar-refractivity contribution is 0.413. The second kappa shape index (κ2) is 7.68. The van der Waals surface area contributed by atoms with E-state index in [1.54, 1.807) is 11.8 Å². The summed E-state index contributed by atoms with van der Waals surface area (Å²) in [5.74, 6) is 2.32. The maximum atomic E-state index is 5.41. The first kappa shape index (κ1) is 13.5. The second-order valence-corrected chi connectivity index (χ2v) is 4.86. The van der Waals surface area contributed by atoms with Gasteiger partial charge in [0, 0.05) is 5.75 Å². The quantitative estimate of drug-likeness (QED) is 0.711. The van der Waals surface area contributed by atoms with E-state index in [0.29, 0.717) is 17.7 Å². The molecule has 0 saturated heterocycles. The number of unbranched alkanes of at least 4 members (excludes halogenated alkanes) is 1. The van der Waals surface area contributed by atoms with Crippen molar-refractivity contribution in [2.45, 2.75) is 51.3 Å². The summed E-state index contributed by atoms with van der Waals surface area (Å²) in [5, 5.41) is 8.43. The molecule has 1 aromatic heterocycles. The van der Waals surface area contributed by atoms with Gasteiger partial charge in [-0.15, -0.1) is 10.2 Å². The Morgan fingerprint density at radius 2 is 2.19 bits per heavy atom. The van der Waals surface area contributed by atoms with E-state index in [2.05, 4.69) is 24.0 Å². The normalized spacial score (nSPS) is 12.9. The summed E-state index contributed by atoms with van der Waals surface area (Å²) < 4.78 is 5.35. The summed E-state index contributed by atoms with van der Waals surface area (Å²) in [4.78, 5) is 0. The van der Waals surface area contributed by atoms with E-state index in [9.17, 15) is 0 Å². The van der Waals surface area contributed by atoms with Crippen LogP contribution < -0.4 is 5.73 Å². The zero-order chi connectivity index (χ0) is 11.8. The van der Waals surface area contributed by atoms with Crippen LogP contribution in [0.4, 0.5) is 0 Å². The van der Waals surface area contributed by atoms with Crippen LogP contribution in [0.3, 0.4) is 0 Å². The van der Waals surface area contributed by atoms with Gasteiger partial charge in [-0.1, -0.05) is 44.9 Å². The highest BCUT2D eigenvalue weighted by molar-refractivity contribution is 7.99. The third-order valence-electron chi connectivity index (χ3n) is 2.61. The highest BCUT2D eigenvalue weighted by Gasteiger charge is 2.10. The number of nitrogens with zero attached hydrogens (tertiary/aromatic N) is 2. The number of hydrogen-bond donors (Lipinski definition) is 1. The molecule has 2 N–H and O–H groups in total. The Morgan fingerprint density at radius 1 is 1.38 bits per heavy atom. The molecule has 0 aliphatic carbocycles. The van der Waals surface area contributed by atoms with Crippen molar-refractivity contribution in [3.63, 3.8) is 0 Å². The zero-order valence-electron chi connectivity index (χ0n) is 10.1. The lowest BCUT2D eigenvalue weighted by Gasteiger charge is -2.11. The molecule has 5 heteroatoms. The summed E-state index contributed by atoms with van der Waals surface area (Å²) in [5.41, 5.74) is 5.41. The van der Waals surface area contributed by atoms with Gasteiger partial charge < -0.3 is 10.2 Å². The highest BCUT2D eigenvalue weighted by Crippen LogP contribution is 2.23. The van der Waals surface area contributed by atoms with Crippen molar-refractivity contribution < 1.29 is 4.42 Å². The van der Waals surface area contributed by atoms with Gasteiger partial charge in [-0.3, -0.25) is 0 Å². The van der Waals surface area contributed by atoms with Crippen molar-refractivity contribution in [3.05, 3.63) is 5.89 Å². The van der Waals surface area contributed by atoms with Crippen molar-refractivity contribution in [2.75, 3.05) is 5.75 Å². The van der Waals surface area contributed by atoms with Crippen molar-refractivity contribution in [3.8, 4) is 0 Å². The van der Waals surface area contributed by atoms with Gasteiger partial charge in [0.2, 0.25) is 5.89 Å². The molecule has 1 unspecified atom stereocenters. The van der Waals surface area contributed by atoms with Gasteiger partial charge in [0.05, 0.1) is 6.54 Å². The third kappa shape index (κ3) is 4.53. The van der Waals surface area contributed by atoms with Crippen LogP contribution in [0.2, 0.25) is 0 Å².